The van der Waals surface area contributed by atoms with Crippen molar-refractivity contribution in [3.63, 3.8) is 0 Å². The zero-order valence-electron chi connectivity index (χ0n) is 67.3. The summed E-state index contributed by atoms with van der Waals surface area (Å²) in [4.78, 5) is 0. The summed E-state index contributed by atoms with van der Waals surface area (Å²) >= 11 is 0. The van der Waals surface area contributed by atoms with Crippen LogP contribution in [0.4, 0.5) is 0 Å². The molecule has 0 bridgehead atoms. The van der Waals surface area contributed by atoms with Crippen molar-refractivity contribution in [2.45, 2.75) is 107 Å². The molecular formula is C116H90N2. The molecule has 564 valence electrons. The van der Waals surface area contributed by atoms with Crippen molar-refractivity contribution in [1.82, 2.24) is 9.13 Å². The summed E-state index contributed by atoms with van der Waals surface area (Å²) in [5.74, 6) is 0.919. The summed E-state index contributed by atoms with van der Waals surface area (Å²) in [6.07, 6.45) is 28.1. The Morgan fingerprint density at radius 3 is 1.04 bits per heavy atom. The number of hydrogen-bond donors (Lipinski definition) is 0. The first-order valence-electron chi connectivity index (χ1n) is 43.1. The number of fused-ring (bicyclic) bond motifs is 22. The highest BCUT2D eigenvalue weighted by atomic mass is 15.0. The van der Waals surface area contributed by atoms with E-state index in [1.54, 1.807) is 0 Å². The molecule has 2 heteroatoms. The Morgan fingerprint density at radius 1 is 0.263 bits per heavy atom. The minimum Gasteiger partial charge on any atom is -0.309 e. The van der Waals surface area contributed by atoms with Crippen molar-refractivity contribution in [2.24, 2.45) is 5.92 Å². The van der Waals surface area contributed by atoms with Gasteiger partial charge in [-0.2, -0.15) is 0 Å². The van der Waals surface area contributed by atoms with Crippen molar-refractivity contribution in [1.29, 1.82) is 0 Å². The highest BCUT2D eigenvalue weighted by Crippen LogP contribution is 2.62. The molecule has 7 aliphatic rings. The zero-order valence-corrected chi connectivity index (χ0v) is 67.3. The Hall–Kier alpha value is -13.1. The topological polar surface area (TPSA) is 9.86 Å². The summed E-state index contributed by atoms with van der Waals surface area (Å²) < 4.78 is 4.94. The minimum atomic E-state index is -0.0670. The van der Waals surface area contributed by atoms with Gasteiger partial charge in [0.2, 0.25) is 0 Å². The smallest absolute Gasteiger partial charge is 0.0541 e. The van der Waals surface area contributed by atoms with E-state index in [2.05, 4.69) is 401 Å². The van der Waals surface area contributed by atoms with Gasteiger partial charge in [0.15, 0.2) is 0 Å². The number of benzene rings is 15. The summed E-state index contributed by atoms with van der Waals surface area (Å²) in [7, 11) is 0. The van der Waals surface area contributed by atoms with E-state index in [0.29, 0.717) is 11.8 Å². The lowest BCUT2D eigenvalue weighted by Gasteiger charge is -2.29. The lowest BCUT2D eigenvalue weighted by molar-refractivity contribution is 0.394. The van der Waals surface area contributed by atoms with Crippen LogP contribution < -0.4 is 0 Å². The van der Waals surface area contributed by atoms with Gasteiger partial charge in [0.25, 0.3) is 0 Å². The normalized spacial score (nSPS) is 17.5. The largest absolute Gasteiger partial charge is 0.309 e. The van der Waals surface area contributed by atoms with Crippen LogP contribution in [0.25, 0.3) is 168 Å². The van der Waals surface area contributed by atoms with Crippen molar-refractivity contribution >= 4 is 67.9 Å². The van der Waals surface area contributed by atoms with Crippen LogP contribution in [0.15, 0.2) is 340 Å². The summed E-state index contributed by atoms with van der Waals surface area (Å²) in [6.45, 7) is 9.58. The summed E-state index contributed by atoms with van der Waals surface area (Å²) in [5, 5.41) is 5.09. The first-order chi connectivity index (χ1) is 57.9. The third kappa shape index (κ3) is 10.5. The third-order valence-electron chi connectivity index (χ3n) is 29.4. The Labute approximate surface area is 691 Å². The van der Waals surface area contributed by atoms with Crippen LogP contribution in [-0.2, 0) is 21.7 Å². The van der Waals surface area contributed by atoms with E-state index in [1.807, 2.05) is 0 Å². The molecule has 17 aromatic rings. The number of hydrogen-bond acceptors (Lipinski definition) is 0. The molecule has 1 unspecified atom stereocenters. The first-order valence-corrected chi connectivity index (χ1v) is 43.1. The molecule has 2 heterocycles. The van der Waals surface area contributed by atoms with Crippen molar-refractivity contribution in [3.8, 4) is 100 Å². The van der Waals surface area contributed by atoms with E-state index >= 15 is 0 Å². The molecule has 118 heavy (non-hydrogen) atoms. The van der Waals surface area contributed by atoms with Gasteiger partial charge in [-0.15, -0.1) is 0 Å². The Bertz CT molecular complexity index is 7180. The van der Waals surface area contributed by atoms with Crippen LogP contribution in [0, 0.1) is 5.92 Å². The van der Waals surface area contributed by atoms with E-state index < -0.39 is 0 Å². The molecule has 2 saturated carbocycles. The average molecular weight is 1510 g/mol. The molecule has 2 spiro atoms. The molecule has 2 nitrogen and oxygen atoms in total. The molecule has 0 amide bonds. The third-order valence-corrected chi connectivity index (χ3v) is 29.4. The molecule has 2 atom stereocenters. The van der Waals surface area contributed by atoms with Crippen molar-refractivity contribution in [3.05, 3.63) is 407 Å². The highest BCUT2D eigenvalue weighted by molar-refractivity contribution is 6.12. The predicted molar refractivity (Wildman–Crippen MR) is 498 cm³/mol. The lowest BCUT2D eigenvalue weighted by Crippen LogP contribution is -2.24. The van der Waals surface area contributed by atoms with Gasteiger partial charge in [-0.3, -0.25) is 0 Å². The van der Waals surface area contributed by atoms with Crippen LogP contribution in [-0.4, -0.2) is 9.13 Å². The van der Waals surface area contributed by atoms with E-state index in [-0.39, 0.29) is 21.7 Å². The van der Waals surface area contributed by atoms with E-state index in [4.69, 9.17) is 0 Å². The van der Waals surface area contributed by atoms with E-state index in [0.717, 1.165) is 0 Å². The van der Waals surface area contributed by atoms with Gasteiger partial charge in [0.05, 0.1) is 22.1 Å². The van der Waals surface area contributed by atoms with Gasteiger partial charge in [-0.25, -0.2) is 0 Å². The molecule has 24 rings (SSSR count). The van der Waals surface area contributed by atoms with Crippen LogP contribution in [0.1, 0.15) is 152 Å². The summed E-state index contributed by atoms with van der Waals surface area (Å²) in [5.41, 5.74) is 45.0. The number of nitrogens with zero attached hydrogens (tertiary/aromatic N) is 2. The Kier molecular flexibility index (Phi) is 15.4. The summed E-state index contributed by atoms with van der Waals surface area (Å²) in [6, 6.07) is 121. The number of rotatable bonds is 11. The minimum absolute atomic E-state index is 0.0240. The Morgan fingerprint density at radius 2 is 0.593 bits per heavy atom. The highest BCUT2D eigenvalue weighted by Gasteiger charge is 2.49. The van der Waals surface area contributed by atoms with E-state index in [9.17, 15) is 0 Å². The van der Waals surface area contributed by atoms with Crippen molar-refractivity contribution < 1.29 is 0 Å². The average Bonchev–Trinajstić information content (AvgIpc) is 1.55. The maximum atomic E-state index is 2.61. The monoisotopic (exact) mass is 1510 g/mol. The molecule has 2 aromatic heterocycles. The van der Waals surface area contributed by atoms with Gasteiger partial charge in [0.1, 0.15) is 0 Å². The predicted octanol–water partition coefficient (Wildman–Crippen LogP) is 30.7. The maximum absolute atomic E-state index is 2.61. The maximum Gasteiger partial charge on any atom is 0.0541 e. The van der Waals surface area contributed by atoms with Gasteiger partial charge in [0, 0.05) is 55.1 Å². The lowest BCUT2D eigenvalue weighted by atomic mass is 9.74. The number of aromatic nitrogens is 2. The molecular weight excluding hydrogens is 1420 g/mol. The number of para-hydroxylation sites is 2. The quantitative estimate of drug-likeness (QED) is 0.114. The van der Waals surface area contributed by atoms with Gasteiger partial charge < -0.3 is 9.13 Å². The number of allylic oxidation sites excluding steroid dienone is 4. The second kappa shape index (κ2) is 26.2. The van der Waals surface area contributed by atoms with Gasteiger partial charge in [-0.05, 0) is 278 Å². The molecule has 0 N–H and O–H groups in total. The second-order valence-electron chi connectivity index (χ2n) is 36.2. The molecule has 0 saturated heterocycles. The first kappa shape index (κ1) is 69.2. The van der Waals surface area contributed by atoms with E-state index in [1.165, 1.54) is 262 Å². The molecule has 7 aliphatic carbocycles. The SMILES string of the molecule is CC1(C)c2ccccc2-c2ccc(-n3c4ccccc4c4cc(-c5ccc(/C=C/c6ccc(-c7ccc8c(c7)C7(CCCC7)c7cc(-c9ccc%10c(c9)C9(CCCC9)c9cc(-c%11ccc(/C=C/c%12ccc(-c%13ccc%14c(c%13)c%13ccccc%13n%14-c%13ccc%14c(c%13)C(C)(C)[C@H]%13C=CC=CC%14%13)cc%12)cc%11)ccc9-%10)ccc7-8)cc6)cc5)ccc43)cc21. The standard InChI is InChI=1S/C116H90N2/c1-113(2)101-21-9-5-17-89(101)91-57-51-87(71-103(91)113)117-109-23-11-7-19-97(109)99-65-81(49-59-111(99)117)77-37-29-73(30-38-77)25-27-75-33-41-79(42-34-75)83-45-53-93-95-55-47-85(69-107(95)115(105(93)67-83)61-13-14-62-115)86-48-56-96-94-54-46-84(68-106(94)116(108(96)70-86)63-15-16-64-116)80-43-35-76(36-44-80)28-26-74-31-39-78(40-32-74)82-50-60-112-100(66-82)98-20-8-12-24-110(98)118(112)88-52-58-92-90-18-6-10-22-102(90)114(3,4)104(92)72-88/h5-12,17-60,65-72,89,101H,13-16,61-64H2,1-4H3/b27-25+,28-26+/t89?,101-/m0/s1. The van der Waals surface area contributed by atoms with Crippen LogP contribution in [0.5, 0.6) is 0 Å². The molecule has 0 radical (unpaired) electrons. The van der Waals surface area contributed by atoms with Crippen LogP contribution in [0.2, 0.25) is 0 Å². The van der Waals surface area contributed by atoms with Crippen LogP contribution in [0.3, 0.4) is 0 Å². The second-order valence-corrected chi connectivity index (χ2v) is 36.2. The molecule has 15 aromatic carbocycles. The Balaban J connectivity index is 0.447. The van der Waals surface area contributed by atoms with Gasteiger partial charge in [-0.1, -0.05) is 333 Å². The molecule has 2 fully saturated rings. The van der Waals surface area contributed by atoms with Crippen molar-refractivity contribution in [2.75, 3.05) is 0 Å². The van der Waals surface area contributed by atoms with Crippen LogP contribution >= 0.6 is 0 Å². The fraction of sp³-hybridized carbons (Fsp3) is 0.155. The van der Waals surface area contributed by atoms with Gasteiger partial charge >= 0.3 is 0 Å². The zero-order chi connectivity index (χ0) is 78.3. The fourth-order valence-corrected chi connectivity index (χ4v) is 23.3. The molecule has 0 aliphatic heterocycles. The fourth-order valence-electron chi connectivity index (χ4n) is 23.3.